The van der Waals surface area contributed by atoms with Crippen LogP contribution in [0.15, 0.2) is 65.3 Å². The van der Waals surface area contributed by atoms with E-state index >= 15 is 0 Å². The molecule has 176 valence electrons. The van der Waals surface area contributed by atoms with Crippen LogP contribution in [0.4, 0.5) is 0 Å². The zero-order valence-corrected chi connectivity index (χ0v) is 20.3. The van der Waals surface area contributed by atoms with E-state index in [0.717, 1.165) is 21.0 Å². The summed E-state index contributed by atoms with van der Waals surface area (Å²) in [5.41, 5.74) is 2.21. The third kappa shape index (κ3) is 4.92. The van der Waals surface area contributed by atoms with Gasteiger partial charge in [-0.2, -0.15) is 0 Å². The summed E-state index contributed by atoms with van der Waals surface area (Å²) in [4.78, 5) is 21.0. The lowest BCUT2D eigenvalue weighted by atomic mass is 10.1. The summed E-state index contributed by atoms with van der Waals surface area (Å²) in [6.07, 6.45) is 1.60. The average Bonchev–Trinajstić information content (AvgIpc) is 3.52. The van der Waals surface area contributed by atoms with Gasteiger partial charge in [0.15, 0.2) is 11.5 Å². The highest BCUT2D eigenvalue weighted by atomic mass is 32.1. The smallest absolute Gasteiger partial charge is 0.274 e. The van der Waals surface area contributed by atoms with Crippen LogP contribution < -0.4 is 14.2 Å². The second kappa shape index (κ2) is 10.4. The standard InChI is InChI=1S/C26H26N2O5S/c1-17-27-23(25(34-17)19-9-6-5-7-10-19)26(29)28(16-20-11-8-12-33-20)15-18-13-21(30-2)24(32-4)22(14-18)31-3/h5-14H,15-16H2,1-4H3. The Kier molecular flexibility index (Phi) is 7.18. The van der Waals surface area contributed by atoms with Crippen LogP contribution in [0.2, 0.25) is 0 Å². The lowest BCUT2D eigenvalue weighted by Crippen LogP contribution is -2.30. The molecule has 0 saturated heterocycles. The molecule has 0 radical (unpaired) electrons. The molecule has 7 nitrogen and oxygen atoms in total. The van der Waals surface area contributed by atoms with Crippen molar-refractivity contribution in [3.05, 3.63) is 82.9 Å². The number of furan rings is 1. The fraction of sp³-hybridized carbons (Fsp3) is 0.231. The monoisotopic (exact) mass is 478 g/mol. The summed E-state index contributed by atoms with van der Waals surface area (Å²) in [6.45, 7) is 2.48. The molecule has 0 spiro atoms. The van der Waals surface area contributed by atoms with Crippen LogP contribution in [0.3, 0.4) is 0 Å². The number of hydrogen-bond donors (Lipinski definition) is 0. The summed E-state index contributed by atoms with van der Waals surface area (Å²) in [6, 6.07) is 17.2. The van der Waals surface area contributed by atoms with E-state index in [1.165, 1.54) is 11.3 Å². The second-order valence-electron chi connectivity index (χ2n) is 7.55. The van der Waals surface area contributed by atoms with Crippen LogP contribution in [0.5, 0.6) is 17.2 Å². The summed E-state index contributed by atoms with van der Waals surface area (Å²) < 4.78 is 22.0. The van der Waals surface area contributed by atoms with E-state index in [1.54, 1.807) is 38.6 Å². The van der Waals surface area contributed by atoms with Crippen molar-refractivity contribution in [2.75, 3.05) is 21.3 Å². The van der Waals surface area contributed by atoms with E-state index in [4.69, 9.17) is 18.6 Å². The fourth-order valence-electron chi connectivity index (χ4n) is 3.74. The average molecular weight is 479 g/mol. The molecule has 0 unspecified atom stereocenters. The van der Waals surface area contributed by atoms with Gasteiger partial charge in [0.2, 0.25) is 5.75 Å². The molecule has 1 amide bonds. The quantitative estimate of drug-likeness (QED) is 0.313. The fourth-order valence-corrected chi connectivity index (χ4v) is 4.66. The number of nitrogens with zero attached hydrogens (tertiary/aromatic N) is 2. The first kappa shape index (κ1) is 23.4. The van der Waals surface area contributed by atoms with Crippen LogP contribution in [-0.2, 0) is 13.1 Å². The third-order valence-corrected chi connectivity index (χ3v) is 6.30. The van der Waals surface area contributed by atoms with Gasteiger partial charge in [0.05, 0.1) is 44.0 Å². The van der Waals surface area contributed by atoms with E-state index in [2.05, 4.69) is 4.98 Å². The first-order valence-electron chi connectivity index (χ1n) is 10.7. The van der Waals surface area contributed by atoms with E-state index in [0.29, 0.717) is 35.2 Å². The Morgan fingerprint density at radius 1 is 0.971 bits per heavy atom. The predicted molar refractivity (Wildman–Crippen MR) is 131 cm³/mol. The summed E-state index contributed by atoms with van der Waals surface area (Å²) >= 11 is 1.51. The van der Waals surface area contributed by atoms with Crippen LogP contribution in [0.25, 0.3) is 10.4 Å². The van der Waals surface area contributed by atoms with Gasteiger partial charge in [-0.25, -0.2) is 4.98 Å². The Labute approximate surface area is 202 Å². The lowest BCUT2D eigenvalue weighted by molar-refractivity contribution is 0.0713. The zero-order chi connectivity index (χ0) is 24.1. The minimum atomic E-state index is -0.187. The molecule has 0 bridgehead atoms. The lowest BCUT2D eigenvalue weighted by Gasteiger charge is -2.23. The van der Waals surface area contributed by atoms with E-state index in [9.17, 15) is 4.79 Å². The summed E-state index contributed by atoms with van der Waals surface area (Å²) in [5.74, 6) is 2.04. The molecule has 4 rings (SSSR count). The van der Waals surface area contributed by atoms with Crippen LogP contribution >= 0.6 is 11.3 Å². The third-order valence-electron chi connectivity index (χ3n) is 5.28. The van der Waals surface area contributed by atoms with Crippen molar-refractivity contribution < 1.29 is 23.4 Å². The normalized spacial score (nSPS) is 10.7. The minimum absolute atomic E-state index is 0.187. The molecule has 0 aliphatic heterocycles. The van der Waals surface area contributed by atoms with E-state index in [1.807, 2.05) is 55.5 Å². The number of carbonyl (C=O) groups is 1. The molecule has 4 aromatic rings. The second-order valence-corrected chi connectivity index (χ2v) is 8.75. The van der Waals surface area contributed by atoms with Crippen LogP contribution in [-0.4, -0.2) is 37.1 Å². The Bertz CT molecular complexity index is 1230. The van der Waals surface area contributed by atoms with Crippen molar-refractivity contribution in [3.8, 4) is 27.7 Å². The van der Waals surface area contributed by atoms with E-state index in [-0.39, 0.29) is 12.5 Å². The van der Waals surface area contributed by atoms with Crippen molar-refractivity contribution in [2.24, 2.45) is 0 Å². The van der Waals surface area contributed by atoms with Gasteiger partial charge in [-0.3, -0.25) is 4.79 Å². The van der Waals surface area contributed by atoms with Gasteiger partial charge in [-0.1, -0.05) is 30.3 Å². The minimum Gasteiger partial charge on any atom is -0.493 e. The Morgan fingerprint density at radius 2 is 1.68 bits per heavy atom. The first-order chi connectivity index (χ1) is 16.5. The maximum Gasteiger partial charge on any atom is 0.274 e. The topological polar surface area (TPSA) is 74.0 Å². The summed E-state index contributed by atoms with van der Waals surface area (Å²) in [5, 5.41) is 0.827. The van der Waals surface area contributed by atoms with Gasteiger partial charge in [-0.05, 0) is 42.3 Å². The first-order valence-corrected chi connectivity index (χ1v) is 11.5. The van der Waals surface area contributed by atoms with E-state index < -0.39 is 0 Å². The number of methoxy groups -OCH3 is 3. The van der Waals surface area contributed by atoms with Crippen LogP contribution in [0.1, 0.15) is 26.8 Å². The highest BCUT2D eigenvalue weighted by Gasteiger charge is 2.26. The largest absolute Gasteiger partial charge is 0.493 e. The molecule has 2 aromatic heterocycles. The number of carbonyl (C=O) groups excluding carboxylic acids is 1. The van der Waals surface area contributed by atoms with Gasteiger partial charge >= 0.3 is 0 Å². The highest BCUT2D eigenvalue weighted by molar-refractivity contribution is 7.15. The molecule has 34 heavy (non-hydrogen) atoms. The number of amides is 1. The molecule has 0 N–H and O–H groups in total. The number of thiazole rings is 1. The Balaban J connectivity index is 1.73. The number of aryl methyl sites for hydroxylation is 1. The molecule has 0 fully saturated rings. The number of aromatic nitrogens is 1. The van der Waals surface area contributed by atoms with Gasteiger partial charge < -0.3 is 23.5 Å². The maximum absolute atomic E-state index is 13.9. The molecule has 0 saturated carbocycles. The molecule has 0 aliphatic rings. The molecular weight excluding hydrogens is 452 g/mol. The Morgan fingerprint density at radius 3 is 2.26 bits per heavy atom. The van der Waals surface area contributed by atoms with Gasteiger partial charge in [0.25, 0.3) is 5.91 Å². The maximum atomic E-state index is 13.9. The molecule has 0 aliphatic carbocycles. The predicted octanol–water partition coefficient (Wildman–Crippen LogP) is 5.58. The molecule has 0 atom stereocenters. The number of rotatable bonds is 9. The Hall–Kier alpha value is -3.78. The molecular formula is C26H26N2O5S. The summed E-state index contributed by atoms with van der Waals surface area (Å²) in [7, 11) is 4.69. The van der Waals surface area contributed by atoms with Crippen molar-refractivity contribution in [1.82, 2.24) is 9.88 Å². The van der Waals surface area contributed by atoms with Crippen molar-refractivity contribution in [1.29, 1.82) is 0 Å². The molecule has 2 heterocycles. The van der Waals surface area contributed by atoms with Crippen molar-refractivity contribution in [3.63, 3.8) is 0 Å². The number of ether oxygens (including phenoxy) is 3. The van der Waals surface area contributed by atoms with Gasteiger partial charge in [0.1, 0.15) is 11.5 Å². The zero-order valence-electron chi connectivity index (χ0n) is 19.5. The van der Waals surface area contributed by atoms with Crippen LogP contribution in [0, 0.1) is 6.92 Å². The molecule has 8 heteroatoms. The van der Waals surface area contributed by atoms with Crippen molar-refractivity contribution >= 4 is 17.2 Å². The number of hydrogen-bond acceptors (Lipinski definition) is 7. The van der Waals surface area contributed by atoms with Gasteiger partial charge in [0, 0.05) is 6.54 Å². The highest BCUT2D eigenvalue weighted by Crippen LogP contribution is 2.39. The SMILES string of the molecule is COc1cc(CN(Cc2ccco2)C(=O)c2nc(C)sc2-c2ccccc2)cc(OC)c1OC. The molecule has 2 aromatic carbocycles. The van der Waals surface area contributed by atoms with Gasteiger partial charge in [-0.15, -0.1) is 11.3 Å². The van der Waals surface area contributed by atoms with Crippen molar-refractivity contribution in [2.45, 2.75) is 20.0 Å². The number of benzene rings is 2.